The average Bonchev–Trinajstić information content (AvgIpc) is 2.88. The van der Waals surface area contributed by atoms with Gasteiger partial charge >= 0.3 is 0 Å². The topological polar surface area (TPSA) is 130 Å². The standard InChI is InChI=1S/C27H25N7O2/c1-2-29-25-16-20(12-13-34(25)28)15-19-6-8-21(9-7-19)33-27-23-17-22(10-11-24(23)30-18-31-27)32-26(36)5-3-4-14-35/h2,6-13,16-18,35H,1,4,14-15,28H2,(H,32,36)(H,30,31,33). The minimum atomic E-state index is -0.449. The Bertz CT molecular complexity index is 1530. The van der Waals surface area contributed by atoms with Crippen molar-refractivity contribution in [1.82, 2.24) is 14.6 Å². The van der Waals surface area contributed by atoms with E-state index in [9.17, 15) is 4.79 Å². The van der Waals surface area contributed by atoms with Gasteiger partial charge in [0.25, 0.3) is 5.91 Å². The normalized spacial score (nSPS) is 11.0. The van der Waals surface area contributed by atoms with Gasteiger partial charge in [0.15, 0.2) is 5.49 Å². The number of aromatic nitrogens is 3. The highest BCUT2D eigenvalue weighted by Gasteiger charge is 2.07. The van der Waals surface area contributed by atoms with Crippen LogP contribution in [0.2, 0.25) is 0 Å². The van der Waals surface area contributed by atoms with E-state index in [1.165, 1.54) is 17.2 Å². The van der Waals surface area contributed by atoms with Crippen molar-refractivity contribution in [2.75, 3.05) is 23.1 Å². The summed E-state index contributed by atoms with van der Waals surface area (Å²) in [6.07, 6.45) is 5.69. The molecule has 0 spiro atoms. The van der Waals surface area contributed by atoms with Crippen LogP contribution in [0.25, 0.3) is 10.9 Å². The quantitative estimate of drug-likeness (QED) is 0.238. The maximum Gasteiger partial charge on any atom is 0.300 e. The molecular weight excluding hydrogens is 454 g/mol. The summed E-state index contributed by atoms with van der Waals surface area (Å²) in [5, 5.41) is 15.6. The first-order chi connectivity index (χ1) is 17.6. The third-order valence-electron chi connectivity index (χ3n) is 5.21. The number of fused-ring (bicyclic) bond motifs is 1. The molecule has 0 aliphatic rings. The number of nitrogens with one attached hydrogen (secondary N) is 2. The van der Waals surface area contributed by atoms with Gasteiger partial charge < -0.3 is 21.6 Å². The Morgan fingerprint density at radius 3 is 2.69 bits per heavy atom. The molecule has 0 aliphatic carbocycles. The molecule has 4 rings (SSSR count). The van der Waals surface area contributed by atoms with Crippen LogP contribution in [0.3, 0.4) is 0 Å². The predicted molar refractivity (Wildman–Crippen MR) is 141 cm³/mol. The third kappa shape index (κ3) is 6.14. The number of carbonyl (C=O) groups is 1. The average molecular weight is 480 g/mol. The lowest BCUT2D eigenvalue weighted by Crippen LogP contribution is -2.27. The van der Waals surface area contributed by atoms with Crippen LogP contribution >= 0.6 is 0 Å². The molecule has 9 heteroatoms. The summed E-state index contributed by atoms with van der Waals surface area (Å²) in [7, 11) is 0. The number of aliphatic hydroxyl groups is 1. The molecule has 0 bridgehead atoms. The maximum atomic E-state index is 12.0. The molecule has 180 valence electrons. The zero-order chi connectivity index (χ0) is 25.3. The minimum absolute atomic E-state index is 0.0863. The van der Waals surface area contributed by atoms with Gasteiger partial charge in [-0.1, -0.05) is 24.6 Å². The summed E-state index contributed by atoms with van der Waals surface area (Å²) in [4.78, 5) is 24.9. The van der Waals surface area contributed by atoms with E-state index < -0.39 is 5.91 Å². The molecule has 9 nitrogen and oxygen atoms in total. The second-order valence-electron chi connectivity index (χ2n) is 7.79. The van der Waals surface area contributed by atoms with E-state index in [1.54, 1.807) is 24.4 Å². The fourth-order valence-corrected chi connectivity index (χ4v) is 3.52. The Kier molecular flexibility index (Phi) is 7.70. The molecule has 5 N–H and O–H groups in total. The molecule has 0 radical (unpaired) electrons. The number of rotatable bonds is 7. The van der Waals surface area contributed by atoms with Gasteiger partial charge in [-0.15, -0.1) is 0 Å². The van der Waals surface area contributed by atoms with Crippen molar-refractivity contribution in [3.63, 3.8) is 0 Å². The molecular formula is C27H25N7O2. The lowest BCUT2D eigenvalue weighted by molar-refractivity contribution is -0.111. The summed E-state index contributed by atoms with van der Waals surface area (Å²) in [6, 6.07) is 17.3. The van der Waals surface area contributed by atoms with Gasteiger partial charge in [-0.25, -0.2) is 15.0 Å². The van der Waals surface area contributed by atoms with Gasteiger partial charge in [-0.05, 0) is 65.9 Å². The van der Waals surface area contributed by atoms with Crippen LogP contribution in [0, 0.1) is 11.8 Å². The van der Waals surface area contributed by atoms with Crippen molar-refractivity contribution in [3.8, 4) is 11.8 Å². The fraction of sp³-hybridized carbons (Fsp3) is 0.111. The first-order valence-electron chi connectivity index (χ1n) is 11.2. The predicted octanol–water partition coefficient (Wildman–Crippen LogP) is 2.85. The summed E-state index contributed by atoms with van der Waals surface area (Å²) >= 11 is 0. The van der Waals surface area contributed by atoms with E-state index in [4.69, 9.17) is 10.9 Å². The molecule has 0 atom stereocenters. The van der Waals surface area contributed by atoms with Crippen molar-refractivity contribution in [3.05, 3.63) is 96.5 Å². The van der Waals surface area contributed by atoms with Crippen molar-refractivity contribution in [1.29, 1.82) is 0 Å². The van der Waals surface area contributed by atoms with Crippen molar-refractivity contribution in [2.45, 2.75) is 12.8 Å². The van der Waals surface area contributed by atoms with E-state index in [1.807, 2.05) is 36.4 Å². The van der Waals surface area contributed by atoms with E-state index in [2.05, 4.69) is 44.0 Å². The second-order valence-corrected chi connectivity index (χ2v) is 7.79. The summed E-state index contributed by atoms with van der Waals surface area (Å²) in [5.41, 5.74) is 5.00. The fourth-order valence-electron chi connectivity index (χ4n) is 3.52. The van der Waals surface area contributed by atoms with Gasteiger partial charge in [0.2, 0.25) is 0 Å². The molecule has 0 saturated carbocycles. The smallest absolute Gasteiger partial charge is 0.300 e. The number of nitrogens with zero attached hydrogens (tertiary/aromatic N) is 4. The number of benzene rings is 2. The number of anilines is 3. The van der Waals surface area contributed by atoms with Gasteiger partial charge in [-0.3, -0.25) is 9.47 Å². The SMILES string of the molecule is C=CN=c1cc(Cc2ccc(Nc3ncnc4ccc(NC(=O)C#CCCO)cc34)cc2)ccn1N. The summed E-state index contributed by atoms with van der Waals surface area (Å²) in [6.45, 7) is 3.54. The summed E-state index contributed by atoms with van der Waals surface area (Å²) < 4.78 is 1.45. The second kappa shape index (κ2) is 11.5. The van der Waals surface area contributed by atoms with E-state index >= 15 is 0 Å². The van der Waals surface area contributed by atoms with Crippen LogP contribution in [0.1, 0.15) is 17.5 Å². The first kappa shape index (κ1) is 24.2. The number of hydrogen-bond donors (Lipinski definition) is 4. The molecule has 0 aliphatic heterocycles. The lowest BCUT2D eigenvalue weighted by Gasteiger charge is -2.11. The zero-order valence-corrected chi connectivity index (χ0v) is 19.5. The maximum absolute atomic E-state index is 12.0. The Hall–Kier alpha value is -4.94. The highest BCUT2D eigenvalue weighted by atomic mass is 16.2. The van der Waals surface area contributed by atoms with Crippen molar-refractivity contribution >= 4 is 34.0 Å². The number of nitrogen functional groups attached to an aromatic ring is 1. The lowest BCUT2D eigenvalue weighted by atomic mass is 10.1. The Balaban J connectivity index is 1.51. The van der Waals surface area contributed by atoms with Gasteiger partial charge in [0.05, 0.1) is 12.1 Å². The molecule has 2 aromatic carbocycles. The van der Waals surface area contributed by atoms with Crippen molar-refractivity contribution < 1.29 is 9.90 Å². The molecule has 2 heterocycles. The van der Waals surface area contributed by atoms with Crippen LogP contribution in [-0.2, 0) is 11.2 Å². The van der Waals surface area contributed by atoms with E-state index in [0.29, 0.717) is 17.0 Å². The van der Waals surface area contributed by atoms with Gasteiger partial charge in [0.1, 0.15) is 12.1 Å². The van der Waals surface area contributed by atoms with E-state index in [-0.39, 0.29) is 13.0 Å². The monoisotopic (exact) mass is 479 g/mol. The number of amides is 1. The molecule has 36 heavy (non-hydrogen) atoms. The highest BCUT2D eigenvalue weighted by molar-refractivity contribution is 6.05. The van der Waals surface area contributed by atoms with E-state index in [0.717, 1.165) is 34.1 Å². The molecule has 0 saturated heterocycles. The highest BCUT2D eigenvalue weighted by Crippen LogP contribution is 2.26. The van der Waals surface area contributed by atoms with Gasteiger partial charge in [-0.2, -0.15) is 0 Å². The van der Waals surface area contributed by atoms with Gasteiger partial charge in [0, 0.05) is 35.6 Å². The number of nitrogens with two attached hydrogens (primary N) is 1. The minimum Gasteiger partial charge on any atom is -0.395 e. The molecule has 4 aromatic rings. The first-order valence-corrected chi connectivity index (χ1v) is 11.2. The zero-order valence-electron chi connectivity index (χ0n) is 19.5. The number of aliphatic hydroxyl groups excluding tert-OH is 1. The Morgan fingerprint density at radius 2 is 1.92 bits per heavy atom. The van der Waals surface area contributed by atoms with Crippen LogP contribution in [0.4, 0.5) is 17.2 Å². The molecule has 2 aromatic heterocycles. The summed E-state index contributed by atoms with van der Waals surface area (Å²) in [5.74, 6) is 11.1. The Morgan fingerprint density at radius 1 is 1.11 bits per heavy atom. The number of hydrogen-bond acceptors (Lipinski definition) is 7. The van der Waals surface area contributed by atoms with Crippen LogP contribution in [0.5, 0.6) is 0 Å². The molecule has 1 amide bonds. The van der Waals surface area contributed by atoms with Crippen LogP contribution in [0.15, 0.2) is 84.9 Å². The largest absolute Gasteiger partial charge is 0.395 e. The Labute approximate surface area is 208 Å². The number of carbonyl (C=O) groups excluding carboxylic acids is 1. The molecule has 0 fully saturated rings. The van der Waals surface area contributed by atoms with Crippen molar-refractivity contribution in [2.24, 2.45) is 4.99 Å². The number of pyridine rings is 1. The van der Waals surface area contributed by atoms with Crippen LogP contribution < -0.4 is 22.0 Å². The third-order valence-corrected chi connectivity index (χ3v) is 5.21. The molecule has 0 unspecified atom stereocenters. The van der Waals surface area contributed by atoms with Crippen LogP contribution in [-0.4, -0.2) is 32.3 Å².